The normalized spacial score (nSPS) is 10.0. The molecule has 0 aliphatic rings. The number of rotatable bonds is 3. The summed E-state index contributed by atoms with van der Waals surface area (Å²) in [5.74, 6) is 1.02. The summed E-state index contributed by atoms with van der Waals surface area (Å²) in [5, 5.41) is 16.3. The number of alkyl halides is 1. The minimum atomic E-state index is 0.319. The van der Waals surface area contributed by atoms with E-state index in [4.69, 9.17) is 16.9 Å². The van der Waals surface area contributed by atoms with Gasteiger partial charge < -0.3 is 0 Å². The molecule has 0 radical (unpaired) electrons. The number of hydrogen-bond acceptors (Lipinski definition) is 3. The molecule has 0 bridgehead atoms. The van der Waals surface area contributed by atoms with Gasteiger partial charge in [-0.2, -0.15) is 5.26 Å². The van der Waals surface area contributed by atoms with Gasteiger partial charge in [-0.1, -0.05) is 12.1 Å². The third-order valence-corrected chi connectivity index (χ3v) is 2.47. The van der Waals surface area contributed by atoms with E-state index in [2.05, 4.69) is 16.3 Å². The van der Waals surface area contributed by atoms with E-state index in [-0.39, 0.29) is 0 Å². The van der Waals surface area contributed by atoms with Crippen LogP contribution in [0.2, 0.25) is 0 Å². The van der Waals surface area contributed by atoms with Crippen molar-refractivity contribution in [1.82, 2.24) is 14.8 Å². The Bertz CT molecular complexity index is 510. The number of halogens is 1. The first kappa shape index (κ1) is 10.7. The molecule has 0 aliphatic carbocycles. The quantitative estimate of drug-likeness (QED) is 0.762. The molecule has 4 nitrogen and oxygen atoms in total. The van der Waals surface area contributed by atoms with Crippen molar-refractivity contribution in [2.45, 2.75) is 12.3 Å². The fourth-order valence-corrected chi connectivity index (χ4v) is 1.61. The van der Waals surface area contributed by atoms with Crippen LogP contribution in [0.3, 0.4) is 0 Å². The van der Waals surface area contributed by atoms with Crippen LogP contribution in [-0.2, 0) is 12.3 Å². The number of nitriles is 1. The van der Waals surface area contributed by atoms with Crippen molar-refractivity contribution >= 4 is 11.6 Å². The van der Waals surface area contributed by atoms with Gasteiger partial charge in [0.25, 0.3) is 0 Å². The summed E-state index contributed by atoms with van der Waals surface area (Å²) in [5.41, 5.74) is 1.94. The molecule has 1 aromatic heterocycles. The van der Waals surface area contributed by atoms with Crippen molar-refractivity contribution in [3.8, 4) is 11.8 Å². The molecule has 0 unspecified atom stereocenters. The van der Waals surface area contributed by atoms with Crippen LogP contribution in [0.25, 0.3) is 5.69 Å². The predicted octanol–water partition coefficient (Wildman–Crippen LogP) is 2.07. The van der Waals surface area contributed by atoms with E-state index in [0.29, 0.717) is 18.1 Å². The minimum absolute atomic E-state index is 0.319. The molecule has 16 heavy (non-hydrogen) atoms. The monoisotopic (exact) mass is 232 g/mol. The van der Waals surface area contributed by atoms with Crippen LogP contribution >= 0.6 is 11.6 Å². The van der Waals surface area contributed by atoms with Crippen LogP contribution in [0.4, 0.5) is 0 Å². The molecule has 0 aliphatic heterocycles. The van der Waals surface area contributed by atoms with E-state index in [1.54, 1.807) is 6.33 Å². The molecule has 1 aromatic carbocycles. The third-order valence-electron chi connectivity index (χ3n) is 2.24. The standard InChI is InChI=1S/C11H9ClN4/c12-7-11-15-14-8-16(11)10-3-1-9(2-4-10)5-6-13/h1-4,8H,5,7H2. The maximum Gasteiger partial charge on any atom is 0.152 e. The average molecular weight is 233 g/mol. The minimum Gasteiger partial charge on any atom is -0.285 e. The first-order chi connectivity index (χ1) is 7.85. The SMILES string of the molecule is N#CCc1ccc(-n2cnnc2CCl)cc1. The van der Waals surface area contributed by atoms with E-state index in [0.717, 1.165) is 11.3 Å². The van der Waals surface area contributed by atoms with E-state index in [1.165, 1.54) is 0 Å². The Morgan fingerprint density at radius 2 is 2.06 bits per heavy atom. The molecule has 0 atom stereocenters. The van der Waals surface area contributed by atoms with Gasteiger partial charge in [-0.05, 0) is 17.7 Å². The molecule has 0 saturated heterocycles. The Morgan fingerprint density at radius 3 is 2.69 bits per heavy atom. The highest BCUT2D eigenvalue weighted by molar-refractivity contribution is 6.16. The van der Waals surface area contributed by atoms with Crippen LogP contribution in [0.5, 0.6) is 0 Å². The molecule has 5 heteroatoms. The van der Waals surface area contributed by atoms with Gasteiger partial charge in [0, 0.05) is 5.69 Å². The molecule has 2 rings (SSSR count). The van der Waals surface area contributed by atoms with Crippen molar-refractivity contribution in [2.24, 2.45) is 0 Å². The molecule has 0 spiro atoms. The first-order valence-electron chi connectivity index (χ1n) is 4.76. The lowest BCUT2D eigenvalue weighted by molar-refractivity contribution is 0.950. The van der Waals surface area contributed by atoms with Crippen LogP contribution in [0.1, 0.15) is 11.4 Å². The van der Waals surface area contributed by atoms with E-state index in [1.807, 2.05) is 28.8 Å². The van der Waals surface area contributed by atoms with Crippen molar-refractivity contribution in [2.75, 3.05) is 0 Å². The van der Waals surface area contributed by atoms with Crippen LogP contribution in [0, 0.1) is 11.3 Å². The fraction of sp³-hybridized carbons (Fsp3) is 0.182. The van der Waals surface area contributed by atoms with Crippen LogP contribution in [0.15, 0.2) is 30.6 Å². The number of nitrogens with zero attached hydrogens (tertiary/aromatic N) is 4. The topological polar surface area (TPSA) is 54.5 Å². The molecular weight excluding hydrogens is 224 g/mol. The number of benzene rings is 1. The second-order valence-electron chi connectivity index (χ2n) is 3.25. The summed E-state index contributed by atoms with van der Waals surface area (Å²) >= 11 is 5.74. The summed E-state index contributed by atoms with van der Waals surface area (Å²) in [6, 6.07) is 9.78. The summed E-state index contributed by atoms with van der Waals surface area (Å²) in [6.45, 7) is 0. The second-order valence-corrected chi connectivity index (χ2v) is 3.52. The van der Waals surface area contributed by atoms with Crippen molar-refractivity contribution in [1.29, 1.82) is 5.26 Å². The molecule has 0 fully saturated rings. The van der Waals surface area contributed by atoms with Crippen LogP contribution < -0.4 is 0 Å². The van der Waals surface area contributed by atoms with Gasteiger partial charge in [-0.3, -0.25) is 4.57 Å². The average Bonchev–Trinajstić information content (AvgIpc) is 2.78. The first-order valence-corrected chi connectivity index (χ1v) is 5.29. The highest BCUT2D eigenvalue weighted by Gasteiger charge is 2.04. The molecule has 0 amide bonds. The summed E-state index contributed by atoms with van der Waals surface area (Å²) in [6.07, 6.45) is 2.04. The lowest BCUT2D eigenvalue weighted by atomic mass is 10.1. The van der Waals surface area contributed by atoms with E-state index in [9.17, 15) is 0 Å². The van der Waals surface area contributed by atoms with Gasteiger partial charge in [0.2, 0.25) is 0 Å². The van der Waals surface area contributed by atoms with Gasteiger partial charge in [0.15, 0.2) is 5.82 Å². The Morgan fingerprint density at radius 1 is 1.31 bits per heavy atom. The zero-order valence-corrected chi connectivity index (χ0v) is 9.22. The maximum atomic E-state index is 8.56. The molecule has 80 valence electrons. The Balaban J connectivity index is 2.32. The van der Waals surface area contributed by atoms with Gasteiger partial charge >= 0.3 is 0 Å². The Labute approximate surface area is 98.1 Å². The van der Waals surface area contributed by atoms with E-state index < -0.39 is 0 Å². The van der Waals surface area contributed by atoms with Gasteiger partial charge in [-0.25, -0.2) is 0 Å². The molecule has 0 saturated carbocycles. The van der Waals surface area contributed by atoms with Gasteiger partial charge in [0.1, 0.15) is 6.33 Å². The largest absolute Gasteiger partial charge is 0.285 e. The second kappa shape index (κ2) is 4.77. The van der Waals surface area contributed by atoms with Gasteiger partial charge in [0.05, 0.1) is 18.4 Å². The summed E-state index contributed by atoms with van der Waals surface area (Å²) < 4.78 is 1.82. The predicted molar refractivity (Wildman–Crippen MR) is 60.2 cm³/mol. The van der Waals surface area contributed by atoms with E-state index >= 15 is 0 Å². The molecular formula is C11H9ClN4. The molecule has 0 N–H and O–H groups in total. The highest BCUT2D eigenvalue weighted by atomic mass is 35.5. The third kappa shape index (κ3) is 2.05. The summed E-state index contributed by atoms with van der Waals surface area (Å²) in [4.78, 5) is 0. The number of hydrogen-bond donors (Lipinski definition) is 0. The zero-order valence-electron chi connectivity index (χ0n) is 8.47. The molecule has 1 heterocycles. The van der Waals surface area contributed by atoms with Crippen molar-refractivity contribution in [3.05, 3.63) is 42.0 Å². The van der Waals surface area contributed by atoms with Gasteiger partial charge in [-0.15, -0.1) is 21.8 Å². The lowest BCUT2D eigenvalue weighted by Crippen LogP contribution is -1.98. The Hall–Kier alpha value is -1.86. The fourth-order valence-electron chi connectivity index (χ4n) is 1.43. The smallest absolute Gasteiger partial charge is 0.152 e. The number of aromatic nitrogens is 3. The summed E-state index contributed by atoms with van der Waals surface area (Å²) in [7, 11) is 0. The zero-order chi connectivity index (χ0) is 11.4. The highest BCUT2D eigenvalue weighted by Crippen LogP contribution is 2.12. The molecule has 2 aromatic rings. The Kier molecular flexibility index (Phi) is 3.18. The van der Waals surface area contributed by atoms with Crippen LogP contribution in [-0.4, -0.2) is 14.8 Å². The van der Waals surface area contributed by atoms with Crippen molar-refractivity contribution < 1.29 is 0 Å². The lowest BCUT2D eigenvalue weighted by Gasteiger charge is -2.04. The maximum absolute atomic E-state index is 8.56. The van der Waals surface area contributed by atoms with Crippen molar-refractivity contribution in [3.63, 3.8) is 0 Å².